The van der Waals surface area contributed by atoms with Gasteiger partial charge in [0.2, 0.25) is 0 Å². The molecule has 0 fully saturated rings. The average Bonchev–Trinajstić information content (AvgIpc) is 2.23. The number of hydrogen-bond donors (Lipinski definition) is 1. The summed E-state index contributed by atoms with van der Waals surface area (Å²) in [5.74, 6) is 0.763. The molecule has 0 amide bonds. The zero-order valence-corrected chi connectivity index (χ0v) is 10.1. The van der Waals surface area contributed by atoms with Crippen LogP contribution >= 0.6 is 24.2 Å². The normalized spacial score (nSPS) is 10.1. The molecule has 15 heavy (non-hydrogen) atoms. The second-order valence-electron chi connectivity index (χ2n) is 3.08. The summed E-state index contributed by atoms with van der Waals surface area (Å²) in [6, 6.07) is 5.51. The van der Waals surface area contributed by atoms with Crippen molar-refractivity contribution in [3.8, 4) is 5.75 Å². The minimum atomic E-state index is 0.00558. The van der Waals surface area contributed by atoms with E-state index in [4.69, 9.17) is 16.3 Å². The van der Waals surface area contributed by atoms with Gasteiger partial charge < -0.3 is 4.74 Å². The first-order chi connectivity index (χ1) is 7.17. The first kappa shape index (κ1) is 12.4. The van der Waals surface area contributed by atoms with Gasteiger partial charge in [-0.2, -0.15) is 0 Å². The Morgan fingerprint density at radius 2 is 2.27 bits per heavy atom. The SMILES string of the molecule is CCOc1cc(CC(=O)CCl)ccc1S. The summed E-state index contributed by atoms with van der Waals surface area (Å²) in [5, 5.41) is 0. The quantitative estimate of drug-likeness (QED) is 0.637. The number of alkyl halides is 1. The molecule has 1 rings (SSSR count). The Labute approximate surface area is 100.0 Å². The van der Waals surface area contributed by atoms with Crippen molar-refractivity contribution in [2.24, 2.45) is 0 Å². The molecule has 1 aromatic carbocycles. The zero-order chi connectivity index (χ0) is 11.3. The van der Waals surface area contributed by atoms with Gasteiger partial charge in [-0.05, 0) is 24.6 Å². The maximum Gasteiger partial charge on any atom is 0.151 e. The topological polar surface area (TPSA) is 26.3 Å². The number of benzene rings is 1. The fraction of sp³-hybridized carbons (Fsp3) is 0.364. The molecule has 0 aliphatic rings. The Bertz CT molecular complexity index is 352. The van der Waals surface area contributed by atoms with Crippen molar-refractivity contribution in [3.05, 3.63) is 23.8 Å². The lowest BCUT2D eigenvalue weighted by molar-refractivity contribution is -0.116. The summed E-state index contributed by atoms with van der Waals surface area (Å²) in [5.41, 5.74) is 0.905. The minimum absolute atomic E-state index is 0.00558. The fourth-order valence-electron chi connectivity index (χ4n) is 1.21. The van der Waals surface area contributed by atoms with Crippen molar-refractivity contribution in [2.75, 3.05) is 12.5 Å². The number of thiol groups is 1. The van der Waals surface area contributed by atoms with Crippen molar-refractivity contribution < 1.29 is 9.53 Å². The summed E-state index contributed by atoms with van der Waals surface area (Å²) in [6.45, 7) is 2.49. The van der Waals surface area contributed by atoms with Gasteiger partial charge in [-0.3, -0.25) is 4.79 Å². The van der Waals surface area contributed by atoms with E-state index in [-0.39, 0.29) is 11.7 Å². The van der Waals surface area contributed by atoms with Gasteiger partial charge in [0, 0.05) is 11.3 Å². The smallest absolute Gasteiger partial charge is 0.151 e. The summed E-state index contributed by atoms with van der Waals surface area (Å²) >= 11 is 9.69. The van der Waals surface area contributed by atoms with Crippen molar-refractivity contribution in [1.29, 1.82) is 0 Å². The van der Waals surface area contributed by atoms with Crippen LogP contribution in [0, 0.1) is 0 Å². The molecule has 82 valence electrons. The molecule has 4 heteroatoms. The van der Waals surface area contributed by atoms with Crippen LogP contribution in [0.25, 0.3) is 0 Å². The van der Waals surface area contributed by atoms with E-state index < -0.39 is 0 Å². The summed E-state index contributed by atoms with van der Waals surface area (Å²) in [6.07, 6.45) is 0.345. The summed E-state index contributed by atoms with van der Waals surface area (Å²) in [7, 11) is 0. The molecule has 0 aliphatic carbocycles. The molecule has 0 aromatic heterocycles. The Morgan fingerprint density at radius 1 is 1.53 bits per heavy atom. The number of ketones is 1. The Morgan fingerprint density at radius 3 is 2.87 bits per heavy atom. The predicted octanol–water partition coefficient (Wildman–Crippen LogP) is 2.72. The van der Waals surface area contributed by atoms with Crippen LogP contribution in [-0.2, 0) is 11.2 Å². The Kier molecular flexibility index (Phi) is 4.99. The van der Waals surface area contributed by atoms with Crippen molar-refractivity contribution in [1.82, 2.24) is 0 Å². The molecule has 0 heterocycles. The van der Waals surface area contributed by atoms with Crippen LogP contribution in [-0.4, -0.2) is 18.3 Å². The zero-order valence-electron chi connectivity index (χ0n) is 8.50. The number of carbonyl (C=O) groups excluding carboxylic acids is 1. The van der Waals surface area contributed by atoms with E-state index in [9.17, 15) is 4.79 Å². The summed E-state index contributed by atoms with van der Waals surface area (Å²) in [4.78, 5) is 11.9. The molecule has 0 unspecified atom stereocenters. The van der Waals surface area contributed by atoms with Crippen molar-refractivity contribution in [2.45, 2.75) is 18.2 Å². The minimum Gasteiger partial charge on any atom is -0.493 e. The molecule has 2 nitrogen and oxygen atoms in total. The van der Waals surface area contributed by atoms with Gasteiger partial charge in [-0.15, -0.1) is 24.2 Å². The van der Waals surface area contributed by atoms with Crippen LogP contribution in [0.3, 0.4) is 0 Å². The fourth-order valence-corrected chi connectivity index (χ4v) is 1.51. The third kappa shape index (κ3) is 3.76. The molecule has 0 radical (unpaired) electrons. The molecule has 0 spiro atoms. The van der Waals surface area contributed by atoms with Crippen LogP contribution < -0.4 is 4.74 Å². The molecular weight excluding hydrogens is 232 g/mol. The number of Topliss-reactive ketones (excluding diaryl/α,β-unsaturated/α-hetero) is 1. The largest absolute Gasteiger partial charge is 0.493 e. The highest BCUT2D eigenvalue weighted by molar-refractivity contribution is 7.80. The monoisotopic (exact) mass is 244 g/mol. The molecule has 0 saturated carbocycles. The molecule has 0 aliphatic heterocycles. The van der Waals surface area contributed by atoms with Gasteiger partial charge >= 0.3 is 0 Å². The van der Waals surface area contributed by atoms with Crippen molar-refractivity contribution in [3.63, 3.8) is 0 Å². The molecular formula is C11H13ClO2S. The number of carbonyl (C=O) groups is 1. The summed E-state index contributed by atoms with van der Waals surface area (Å²) < 4.78 is 5.37. The maximum absolute atomic E-state index is 11.1. The van der Waals surface area contributed by atoms with Gasteiger partial charge in [0.1, 0.15) is 5.75 Å². The van der Waals surface area contributed by atoms with Gasteiger partial charge in [0.05, 0.1) is 12.5 Å². The highest BCUT2D eigenvalue weighted by Gasteiger charge is 2.05. The first-order valence-electron chi connectivity index (χ1n) is 4.69. The molecule has 1 aromatic rings. The van der Waals surface area contributed by atoms with Crippen LogP contribution in [0.2, 0.25) is 0 Å². The average molecular weight is 245 g/mol. The van der Waals surface area contributed by atoms with E-state index in [1.54, 1.807) is 0 Å². The van der Waals surface area contributed by atoms with E-state index >= 15 is 0 Å². The van der Waals surface area contributed by atoms with E-state index in [2.05, 4.69) is 12.6 Å². The van der Waals surface area contributed by atoms with Gasteiger partial charge in [0.15, 0.2) is 5.78 Å². The number of hydrogen-bond acceptors (Lipinski definition) is 3. The lowest BCUT2D eigenvalue weighted by atomic mass is 10.1. The van der Waals surface area contributed by atoms with E-state index in [1.165, 1.54) is 0 Å². The van der Waals surface area contributed by atoms with Gasteiger partial charge in [0.25, 0.3) is 0 Å². The highest BCUT2D eigenvalue weighted by atomic mass is 35.5. The molecule has 0 saturated heterocycles. The van der Waals surface area contributed by atoms with Crippen molar-refractivity contribution >= 4 is 30.0 Å². The third-order valence-electron chi connectivity index (χ3n) is 1.87. The molecule has 0 N–H and O–H groups in total. The van der Waals surface area contributed by atoms with Gasteiger partial charge in [-0.1, -0.05) is 6.07 Å². The van der Waals surface area contributed by atoms with E-state index in [1.807, 2.05) is 25.1 Å². The Hall–Kier alpha value is -0.670. The molecule has 0 atom stereocenters. The number of ether oxygens (including phenoxy) is 1. The van der Waals surface area contributed by atoms with E-state index in [0.717, 1.165) is 10.5 Å². The number of rotatable bonds is 5. The standard InChI is InChI=1S/C11H13ClO2S/c1-2-14-10-6-8(3-4-11(10)15)5-9(13)7-12/h3-4,6,15H,2,5,7H2,1H3. The predicted molar refractivity (Wildman–Crippen MR) is 64.3 cm³/mol. The second-order valence-corrected chi connectivity index (χ2v) is 3.83. The second kappa shape index (κ2) is 6.03. The third-order valence-corrected chi connectivity index (χ3v) is 2.54. The number of halogens is 1. The van der Waals surface area contributed by atoms with Crippen LogP contribution in [0.1, 0.15) is 12.5 Å². The van der Waals surface area contributed by atoms with Crippen LogP contribution in [0.15, 0.2) is 23.1 Å². The maximum atomic E-state index is 11.1. The highest BCUT2D eigenvalue weighted by Crippen LogP contribution is 2.24. The lowest BCUT2D eigenvalue weighted by Crippen LogP contribution is -2.04. The van der Waals surface area contributed by atoms with Crippen LogP contribution in [0.5, 0.6) is 5.75 Å². The Balaban J connectivity index is 2.82. The van der Waals surface area contributed by atoms with Gasteiger partial charge in [-0.25, -0.2) is 0 Å². The molecule has 0 bridgehead atoms. The van der Waals surface area contributed by atoms with Crippen LogP contribution in [0.4, 0.5) is 0 Å². The van der Waals surface area contributed by atoms with E-state index in [0.29, 0.717) is 18.8 Å². The first-order valence-corrected chi connectivity index (χ1v) is 5.68. The lowest BCUT2D eigenvalue weighted by Gasteiger charge is -2.08.